The van der Waals surface area contributed by atoms with E-state index in [-0.39, 0.29) is 12.5 Å². The molecule has 0 spiro atoms. The van der Waals surface area contributed by atoms with E-state index in [2.05, 4.69) is 5.10 Å². The van der Waals surface area contributed by atoms with Gasteiger partial charge in [-0.2, -0.15) is 5.10 Å². The average Bonchev–Trinajstić information content (AvgIpc) is 2.58. The van der Waals surface area contributed by atoms with E-state index in [1.807, 2.05) is 0 Å². The summed E-state index contributed by atoms with van der Waals surface area (Å²) in [6.07, 6.45) is 0. The van der Waals surface area contributed by atoms with Crippen LogP contribution in [0.5, 0.6) is 5.88 Å². The topological polar surface area (TPSA) is 107 Å². The van der Waals surface area contributed by atoms with Crippen molar-refractivity contribution < 1.29 is 19.6 Å². The van der Waals surface area contributed by atoms with Crippen LogP contribution in [-0.4, -0.2) is 32.4 Å². The summed E-state index contributed by atoms with van der Waals surface area (Å²) >= 11 is 0. The summed E-state index contributed by atoms with van der Waals surface area (Å²) < 4.78 is 6.10. The van der Waals surface area contributed by atoms with Crippen LogP contribution in [0.1, 0.15) is 10.5 Å². The van der Waals surface area contributed by atoms with Gasteiger partial charge in [-0.15, -0.1) is 0 Å². The van der Waals surface area contributed by atoms with Crippen LogP contribution in [0, 0.1) is 10.1 Å². The van der Waals surface area contributed by atoms with E-state index in [9.17, 15) is 14.9 Å². The second kappa shape index (κ2) is 2.69. The molecule has 8 nitrogen and oxygen atoms in total. The minimum absolute atomic E-state index is 0.0765. The Morgan fingerprint density at radius 2 is 2.43 bits per heavy atom. The van der Waals surface area contributed by atoms with E-state index in [1.54, 1.807) is 0 Å². The first-order valence-corrected chi connectivity index (χ1v) is 3.72. The summed E-state index contributed by atoms with van der Waals surface area (Å²) in [6, 6.07) is 0. The van der Waals surface area contributed by atoms with Crippen LogP contribution in [0.2, 0.25) is 0 Å². The van der Waals surface area contributed by atoms with Gasteiger partial charge in [-0.1, -0.05) is 0 Å². The zero-order chi connectivity index (χ0) is 10.3. The zero-order valence-electron chi connectivity index (χ0n) is 6.84. The molecule has 2 rings (SSSR count). The quantitative estimate of drug-likeness (QED) is 0.525. The first kappa shape index (κ1) is 8.48. The van der Waals surface area contributed by atoms with Gasteiger partial charge in [0.15, 0.2) is 0 Å². The molecule has 1 aliphatic heterocycles. The molecule has 0 unspecified atom stereocenters. The highest BCUT2D eigenvalue weighted by atomic mass is 16.6. The number of aromatic nitrogens is 2. The Hall–Kier alpha value is -2.12. The Bertz CT molecular complexity index is 423. The number of nitro groups is 1. The van der Waals surface area contributed by atoms with Gasteiger partial charge >= 0.3 is 11.7 Å². The van der Waals surface area contributed by atoms with Gasteiger partial charge in [-0.05, 0) is 0 Å². The Kier molecular flexibility index (Phi) is 1.63. The molecule has 1 aliphatic rings. The molecule has 0 aromatic carbocycles. The van der Waals surface area contributed by atoms with Gasteiger partial charge in [0.05, 0.1) is 11.5 Å². The van der Waals surface area contributed by atoms with Gasteiger partial charge in [0.25, 0.3) is 11.6 Å². The number of nitrogens with zero attached hydrogens (tertiary/aromatic N) is 3. The highest BCUT2D eigenvalue weighted by Gasteiger charge is 2.35. The largest absolute Gasteiger partial charge is 0.476 e. The molecule has 0 aliphatic carbocycles. The van der Waals surface area contributed by atoms with Gasteiger partial charge in [0, 0.05) is 0 Å². The molecule has 0 amide bonds. The first-order valence-electron chi connectivity index (χ1n) is 3.72. The number of ether oxygens (including phenoxy) is 1. The molecule has 0 radical (unpaired) electrons. The van der Waals surface area contributed by atoms with Crippen LogP contribution in [0.4, 0.5) is 5.69 Å². The highest BCUT2D eigenvalue weighted by Crippen LogP contribution is 2.33. The summed E-state index contributed by atoms with van der Waals surface area (Å²) in [5.41, 5.74) is -1.15. The van der Waals surface area contributed by atoms with E-state index in [4.69, 9.17) is 9.84 Å². The molecule has 2 heterocycles. The molecule has 0 atom stereocenters. The van der Waals surface area contributed by atoms with Crippen molar-refractivity contribution in [3.63, 3.8) is 0 Å². The number of rotatable bonds is 2. The normalized spacial score (nSPS) is 13.4. The fraction of sp³-hybridized carbons (Fsp3) is 0.333. The standard InChI is InChI=1S/C6H5N3O5/c10-6(11)3-4(9(12)13)5-8(7-3)1-2-14-5/h1-2H2,(H,10,11). The second-order valence-electron chi connectivity index (χ2n) is 2.64. The maximum atomic E-state index is 10.6. The van der Waals surface area contributed by atoms with E-state index >= 15 is 0 Å². The number of fused-ring (bicyclic) bond motifs is 1. The van der Waals surface area contributed by atoms with Crippen molar-refractivity contribution in [2.75, 3.05) is 6.61 Å². The first-order chi connectivity index (χ1) is 6.61. The number of hydrogen-bond donors (Lipinski definition) is 1. The summed E-state index contributed by atoms with van der Waals surface area (Å²) in [6.45, 7) is 0.618. The second-order valence-corrected chi connectivity index (χ2v) is 2.64. The van der Waals surface area contributed by atoms with Crippen LogP contribution in [0.3, 0.4) is 0 Å². The zero-order valence-corrected chi connectivity index (χ0v) is 6.84. The van der Waals surface area contributed by atoms with Crippen LogP contribution >= 0.6 is 0 Å². The van der Waals surface area contributed by atoms with Crippen molar-refractivity contribution in [1.82, 2.24) is 9.78 Å². The minimum atomic E-state index is -1.43. The van der Waals surface area contributed by atoms with Gasteiger partial charge in [-0.25, -0.2) is 9.48 Å². The molecular formula is C6H5N3O5. The van der Waals surface area contributed by atoms with Gasteiger partial charge < -0.3 is 9.84 Å². The minimum Gasteiger partial charge on any atom is -0.476 e. The maximum Gasteiger partial charge on any atom is 0.365 e. The van der Waals surface area contributed by atoms with E-state index in [0.717, 1.165) is 0 Å². The molecular weight excluding hydrogens is 194 g/mol. The fourth-order valence-corrected chi connectivity index (χ4v) is 1.27. The molecule has 0 fully saturated rings. The van der Waals surface area contributed by atoms with Crippen molar-refractivity contribution in [2.24, 2.45) is 0 Å². The van der Waals surface area contributed by atoms with Crippen LogP contribution < -0.4 is 4.74 Å². The summed E-state index contributed by atoms with van der Waals surface area (Å²) in [4.78, 5) is 20.4. The fourth-order valence-electron chi connectivity index (χ4n) is 1.27. The highest BCUT2D eigenvalue weighted by molar-refractivity contribution is 5.91. The van der Waals surface area contributed by atoms with Crippen molar-refractivity contribution in [3.8, 4) is 5.88 Å². The lowest BCUT2D eigenvalue weighted by Crippen LogP contribution is -2.05. The number of hydrogen-bond acceptors (Lipinski definition) is 5. The van der Waals surface area contributed by atoms with Crippen LogP contribution in [0.25, 0.3) is 0 Å². The predicted octanol–water partition coefficient (Wildman–Crippen LogP) is -0.118. The number of carboxylic acid groups (broad SMARTS) is 1. The Morgan fingerprint density at radius 1 is 1.71 bits per heavy atom. The maximum absolute atomic E-state index is 10.6. The lowest BCUT2D eigenvalue weighted by molar-refractivity contribution is -0.386. The van der Waals surface area contributed by atoms with Gasteiger partial charge in [0.1, 0.15) is 6.61 Å². The summed E-state index contributed by atoms with van der Waals surface area (Å²) in [7, 11) is 0. The molecule has 0 saturated carbocycles. The van der Waals surface area contributed by atoms with Gasteiger partial charge in [0.2, 0.25) is 0 Å². The van der Waals surface area contributed by atoms with E-state index in [1.165, 1.54) is 4.68 Å². The number of carbonyl (C=O) groups is 1. The van der Waals surface area contributed by atoms with Crippen molar-refractivity contribution in [2.45, 2.75) is 6.54 Å². The Labute approximate surface area is 76.8 Å². The van der Waals surface area contributed by atoms with E-state index in [0.29, 0.717) is 6.54 Å². The molecule has 1 N–H and O–H groups in total. The van der Waals surface area contributed by atoms with Crippen LogP contribution in [-0.2, 0) is 6.54 Å². The molecule has 0 saturated heterocycles. The Balaban J connectivity index is 2.62. The Morgan fingerprint density at radius 3 is 3.00 bits per heavy atom. The van der Waals surface area contributed by atoms with Crippen molar-refractivity contribution >= 4 is 11.7 Å². The smallest absolute Gasteiger partial charge is 0.365 e. The third-order valence-electron chi connectivity index (χ3n) is 1.81. The number of carboxylic acids is 1. The summed E-state index contributed by atoms with van der Waals surface area (Å²) in [5, 5.41) is 22.8. The lowest BCUT2D eigenvalue weighted by atomic mass is 10.4. The average molecular weight is 199 g/mol. The van der Waals surface area contributed by atoms with Crippen molar-refractivity contribution in [1.29, 1.82) is 0 Å². The third kappa shape index (κ3) is 1.00. The molecule has 14 heavy (non-hydrogen) atoms. The SMILES string of the molecule is O=C(O)c1nn2c(c1[N+](=O)[O-])OCC2. The molecule has 8 heteroatoms. The summed E-state index contributed by atoms with van der Waals surface area (Å²) in [5.74, 6) is -1.50. The third-order valence-corrected chi connectivity index (χ3v) is 1.81. The molecule has 1 aromatic rings. The van der Waals surface area contributed by atoms with Gasteiger partial charge in [-0.3, -0.25) is 10.1 Å². The molecule has 0 bridgehead atoms. The van der Waals surface area contributed by atoms with Crippen molar-refractivity contribution in [3.05, 3.63) is 15.8 Å². The molecule has 74 valence electrons. The monoisotopic (exact) mass is 199 g/mol. The van der Waals surface area contributed by atoms with Crippen LogP contribution in [0.15, 0.2) is 0 Å². The van der Waals surface area contributed by atoms with E-state index < -0.39 is 22.3 Å². The number of aromatic carboxylic acids is 1. The lowest BCUT2D eigenvalue weighted by Gasteiger charge is -1.92. The molecule has 1 aromatic heterocycles. The predicted molar refractivity (Wildman–Crippen MR) is 41.3 cm³/mol.